The van der Waals surface area contributed by atoms with E-state index in [0.29, 0.717) is 42.3 Å². The van der Waals surface area contributed by atoms with Crippen molar-refractivity contribution < 1.29 is 18.7 Å². The average molecular weight is 602 g/mol. The number of rotatable bonds is 4. The molecule has 7 rings (SSSR count). The van der Waals surface area contributed by atoms with Crippen molar-refractivity contribution in [2.45, 2.75) is 70.2 Å². The second-order valence-corrected chi connectivity index (χ2v) is 12.6. The number of carbonyl (C=O) groups is 2. The van der Waals surface area contributed by atoms with Gasteiger partial charge >= 0.3 is 0 Å². The van der Waals surface area contributed by atoms with Crippen LogP contribution in [0.15, 0.2) is 30.3 Å². The summed E-state index contributed by atoms with van der Waals surface area (Å²) in [5.41, 5.74) is 4.38. The fraction of sp³-hybridized carbons (Fsp3) is 0.515. The predicted molar refractivity (Wildman–Crippen MR) is 166 cm³/mol. The normalized spacial score (nSPS) is 25.8. The van der Waals surface area contributed by atoms with Crippen LogP contribution < -0.4 is 20.7 Å². The van der Waals surface area contributed by atoms with Gasteiger partial charge in [-0.05, 0) is 75.4 Å². The standard InChI is InChI=1S/C33H40FN7O3/c1-18-24-9-8-20-15-27(41(30(20)37-24)12-6-4-5-7-19-13-22(19)33(43)36-18)31-38-25-14-21(16-28(44-3)29(25)40(31)2)32(42)39-26-17-35-11-10-23(26)34/h8-9,14-16,18-19,22-23,26,35H,4-7,10-13,17H2,1-3H3,(H,36,43)(H,39,42)/t18-,19+,22-,23+,26+/m1/s1. The predicted octanol–water partition coefficient (Wildman–Crippen LogP) is 4.42. The smallest absolute Gasteiger partial charge is 0.251 e. The number of alkyl halides is 1. The molecule has 3 aliphatic rings. The molecule has 3 N–H and O–H groups in total. The lowest BCUT2D eigenvalue weighted by Crippen LogP contribution is -2.52. The van der Waals surface area contributed by atoms with Crippen molar-refractivity contribution in [3.8, 4) is 17.3 Å². The molecule has 0 radical (unpaired) electrons. The number of amides is 2. The second kappa shape index (κ2) is 11.5. The van der Waals surface area contributed by atoms with E-state index >= 15 is 0 Å². The first-order valence-corrected chi connectivity index (χ1v) is 15.8. The summed E-state index contributed by atoms with van der Waals surface area (Å²) in [7, 11) is 3.53. The number of pyridine rings is 1. The maximum Gasteiger partial charge on any atom is 0.251 e. The molecule has 11 heteroatoms. The summed E-state index contributed by atoms with van der Waals surface area (Å²) >= 11 is 0. The first-order chi connectivity index (χ1) is 21.3. The van der Waals surface area contributed by atoms with Gasteiger partial charge in [-0.2, -0.15) is 0 Å². The number of hydrogen-bond acceptors (Lipinski definition) is 6. The number of nitrogens with zero attached hydrogens (tertiary/aromatic N) is 4. The molecule has 1 saturated carbocycles. The number of benzene rings is 1. The van der Waals surface area contributed by atoms with Crippen LogP contribution in [0, 0.1) is 11.8 Å². The van der Waals surface area contributed by atoms with Crippen molar-refractivity contribution in [2.24, 2.45) is 18.9 Å². The van der Waals surface area contributed by atoms with E-state index in [2.05, 4.69) is 32.7 Å². The molecule has 2 fully saturated rings. The van der Waals surface area contributed by atoms with Crippen LogP contribution in [0.4, 0.5) is 4.39 Å². The van der Waals surface area contributed by atoms with Crippen molar-refractivity contribution in [3.63, 3.8) is 0 Å². The topological polar surface area (TPSA) is 115 Å². The van der Waals surface area contributed by atoms with Gasteiger partial charge in [-0.3, -0.25) is 9.59 Å². The Morgan fingerprint density at radius 1 is 1.14 bits per heavy atom. The van der Waals surface area contributed by atoms with Gasteiger partial charge in [0.2, 0.25) is 5.91 Å². The molecule has 10 nitrogen and oxygen atoms in total. The molecule has 1 saturated heterocycles. The number of nitrogens with one attached hydrogen (secondary N) is 3. The Morgan fingerprint density at radius 3 is 2.82 bits per heavy atom. The molecule has 2 bridgehead atoms. The van der Waals surface area contributed by atoms with Crippen molar-refractivity contribution in [3.05, 3.63) is 41.6 Å². The highest BCUT2D eigenvalue weighted by Crippen LogP contribution is 2.43. The van der Waals surface area contributed by atoms with Crippen LogP contribution in [-0.4, -0.2) is 63.3 Å². The number of ether oxygens (including phenoxy) is 1. The van der Waals surface area contributed by atoms with E-state index < -0.39 is 12.2 Å². The Hall–Kier alpha value is -3.99. The third kappa shape index (κ3) is 5.21. The summed E-state index contributed by atoms with van der Waals surface area (Å²) in [6, 6.07) is 8.84. The third-order valence-electron chi connectivity index (χ3n) is 9.64. The van der Waals surface area contributed by atoms with Gasteiger partial charge in [0.05, 0.1) is 36.1 Å². The van der Waals surface area contributed by atoms with Crippen LogP contribution in [0.3, 0.4) is 0 Å². The second-order valence-electron chi connectivity index (χ2n) is 12.6. The molecule has 44 heavy (non-hydrogen) atoms. The lowest BCUT2D eigenvalue weighted by atomic mass is 10.0. The maximum atomic E-state index is 14.4. The van der Waals surface area contributed by atoms with Gasteiger partial charge in [-0.25, -0.2) is 14.4 Å². The van der Waals surface area contributed by atoms with E-state index in [0.717, 1.165) is 72.4 Å². The lowest BCUT2D eigenvalue weighted by molar-refractivity contribution is -0.123. The quantitative estimate of drug-likeness (QED) is 0.319. The van der Waals surface area contributed by atoms with Crippen LogP contribution in [-0.2, 0) is 18.4 Å². The molecule has 1 aliphatic carbocycles. The monoisotopic (exact) mass is 601 g/mol. The highest BCUT2D eigenvalue weighted by atomic mass is 19.1. The summed E-state index contributed by atoms with van der Waals surface area (Å²) in [6.45, 7) is 3.78. The van der Waals surface area contributed by atoms with Crippen molar-refractivity contribution in [1.29, 1.82) is 0 Å². The van der Waals surface area contributed by atoms with Gasteiger partial charge in [-0.1, -0.05) is 12.8 Å². The first-order valence-electron chi connectivity index (χ1n) is 15.8. The molecular formula is C33H40FN7O3. The van der Waals surface area contributed by atoms with E-state index in [1.807, 2.05) is 24.6 Å². The highest BCUT2D eigenvalue weighted by molar-refractivity contribution is 6.00. The molecule has 1 aromatic carbocycles. The number of methoxy groups -OCH3 is 1. The van der Waals surface area contributed by atoms with Gasteiger partial charge < -0.3 is 29.8 Å². The van der Waals surface area contributed by atoms with E-state index in [1.165, 1.54) is 0 Å². The lowest BCUT2D eigenvalue weighted by Gasteiger charge is -2.27. The van der Waals surface area contributed by atoms with Gasteiger partial charge in [0.25, 0.3) is 5.91 Å². The number of piperidine rings is 1. The molecule has 2 amide bonds. The minimum absolute atomic E-state index is 0.138. The SMILES string of the molecule is COc1cc(C(=O)N[C@H]2CNCC[C@@H]2F)cc2nc(-c3cc4ccc5nc4n3CCCCC[C@H]3C[C@H]3C(=O)N[C@@H]5C)n(C)c12. The third-order valence-corrected chi connectivity index (χ3v) is 9.64. The number of imidazole rings is 1. The van der Waals surface area contributed by atoms with E-state index in [4.69, 9.17) is 14.7 Å². The minimum Gasteiger partial charge on any atom is -0.494 e. The number of hydrogen-bond donors (Lipinski definition) is 3. The van der Waals surface area contributed by atoms with E-state index in [1.54, 1.807) is 19.2 Å². The van der Waals surface area contributed by atoms with Crippen LogP contribution in [0.2, 0.25) is 0 Å². The van der Waals surface area contributed by atoms with Crippen LogP contribution in [0.25, 0.3) is 33.6 Å². The Bertz CT molecular complexity index is 1750. The molecular weight excluding hydrogens is 561 g/mol. The molecule has 3 aromatic heterocycles. The molecule has 0 spiro atoms. The van der Waals surface area contributed by atoms with Crippen molar-refractivity contribution >= 4 is 33.9 Å². The Kier molecular flexibility index (Phi) is 7.52. The summed E-state index contributed by atoms with van der Waals surface area (Å²) < 4.78 is 24.4. The number of fused-ring (bicyclic) bond motifs is 3. The maximum absolute atomic E-state index is 14.4. The van der Waals surface area contributed by atoms with Crippen LogP contribution in [0.5, 0.6) is 5.75 Å². The van der Waals surface area contributed by atoms with Crippen LogP contribution >= 0.6 is 0 Å². The van der Waals surface area contributed by atoms with Gasteiger partial charge in [0.1, 0.15) is 23.1 Å². The van der Waals surface area contributed by atoms with E-state index in [9.17, 15) is 14.0 Å². The molecule has 0 unspecified atom stereocenters. The zero-order valence-corrected chi connectivity index (χ0v) is 25.5. The summed E-state index contributed by atoms with van der Waals surface area (Å²) in [5, 5.41) is 10.2. The first kappa shape index (κ1) is 28.8. The molecule has 2 aliphatic heterocycles. The molecule has 5 atom stereocenters. The fourth-order valence-electron chi connectivity index (χ4n) is 6.98. The minimum atomic E-state index is -1.09. The summed E-state index contributed by atoms with van der Waals surface area (Å²) in [4.78, 5) is 36.1. The van der Waals surface area contributed by atoms with Crippen molar-refractivity contribution in [1.82, 2.24) is 35.1 Å². The largest absolute Gasteiger partial charge is 0.494 e. The molecule has 232 valence electrons. The summed E-state index contributed by atoms with van der Waals surface area (Å²) in [5.74, 6) is 1.68. The number of aryl methyl sites for hydroxylation is 2. The zero-order chi connectivity index (χ0) is 30.5. The van der Waals surface area contributed by atoms with E-state index in [-0.39, 0.29) is 23.8 Å². The number of carbonyl (C=O) groups excluding carboxylic acids is 2. The van der Waals surface area contributed by atoms with Gasteiger partial charge in [-0.15, -0.1) is 0 Å². The average Bonchev–Trinajstić information content (AvgIpc) is 3.61. The Labute approximate surface area is 255 Å². The number of aromatic nitrogens is 4. The Morgan fingerprint density at radius 2 is 2.00 bits per heavy atom. The highest BCUT2D eigenvalue weighted by Gasteiger charge is 2.42. The molecule has 5 heterocycles. The number of halogens is 1. The van der Waals surface area contributed by atoms with Gasteiger partial charge in [0, 0.05) is 37.0 Å². The fourth-order valence-corrected chi connectivity index (χ4v) is 6.98. The van der Waals surface area contributed by atoms with Gasteiger partial charge in [0.15, 0.2) is 5.82 Å². The van der Waals surface area contributed by atoms with Crippen LogP contribution in [0.1, 0.15) is 67.5 Å². The zero-order valence-electron chi connectivity index (χ0n) is 25.5. The van der Waals surface area contributed by atoms with Crippen molar-refractivity contribution in [2.75, 3.05) is 20.2 Å². The Balaban J connectivity index is 1.27. The molecule has 4 aromatic rings. The summed E-state index contributed by atoms with van der Waals surface area (Å²) in [6.07, 6.45) is 4.53.